The zero-order valence-electron chi connectivity index (χ0n) is 11.8. The first kappa shape index (κ1) is 14.5. The molecule has 20 heavy (non-hydrogen) atoms. The van der Waals surface area contributed by atoms with Crippen LogP contribution >= 0.6 is 11.6 Å². The minimum Gasteiger partial charge on any atom is -0.495 e. The lowest BCUT2D eigenvalue weighted by Crippen LogP contribution is -2.08. The number of halogens is 1. The number of anilines is 1. The third-order valence-electron chi connectivity index (χ3n) is 3.04. The van der Waals surface area contributed by atoms with Gasteiger partial charge in [0.1, 0.15) is 11.5 Å². The molecule has 0 aliphatic rings. The third kappa shape index (κ3) is 2.99. The number of aryl methyl sites for hydroxylation is 1. The highest BCUT2D eigenvalue weighted by atomic mass is 35.5. The molecule has 0 bridgehead atoms. The number of hydrogen-bond donors (Lipinski definition) is 1. The average molecular weight is 296 g/mol. The van der Waals surface area contributed by atoms with Crippen molar-refractivity contribution in [2.45, 2.75) is 20.0 Å². The van der Waals surface area contributed by atoms with Gasteiger partial charge in [-0.05, 0) is 13.0 Å². The molecule has 0 unspecified atom stereocenters. The fourth-order valence-electron chi connectivity index (χ4n) is 1.98. The van der Waals surface area contributed by atoms with Crippen LogP contribution in [-0.4, -0.2) is 24.0 Å². The van der Waals surface area contributed by atoms with Gasteiger partial charge in [0.05, 0.1) is 37.2 Å². The number of nitrogens with one attached hydrogen (secondary N) is 1. The fraction of sp³-hybridized carbons (Fsp3) is 0.357. The third-order valence-corrected chi connectivity index (χ3v) is 3.33. The van der Waals surface area contributed by atoms with E-state index in [-0.39, 0.29) is 0 Å². The number of ether oxygens (including phenoxy) is 2. The molecule has 0 radical (unpaired) electrons. The molecule has 2 aromatic rings. The summed E-state index contributed by atoms with van der Waals surface area (Å²) in [5, 5.41) is 8.08. The molecular weight excluding hydrogens is 278 g/mol. The van der Waals surface area contributed by atoms with Crippen LogP contribution in [0.4, 0.5) is 5.69 Å². The van der Waals surface area contributed by atoms with Gasteiger partial charge in [-0.15, -0.1) is 0 Å². The first-order chi connectivity index (χ1) is 9.69. The van der Waals surface area contributed by atoms with E-state index in [1.54, 1.807) is 26.5 Å². The maximum Gasteiger partial charge on any atom is 0.143 e. The normalized spacial score (nSPS) is 10.4. The number of benzene rings is 1. The summed E-state index contributed by atoms with van der Waals surface area (Å²) >= 11 is 6.08. The van der Waals surface area contributed by atoms with Gasteiger partial charge >= 0.3 is 0 Å². The molecule has 2 rings (SSSR count). The van der Waals surface area contributed by atoms with Gasteiger partial charge in [0.15, 0.2) is 0 Å². The Morgan fingerprint density at radius 1 is 1.25 bits per heavy atom. The van der Waals surface area contributed by atoms with E-state index in [4.69, 9.17) is 21.1 Å². The van der Waals surface area contributed by atoms with E-state index in [0.717, 1.165) is 17.9 Å². The molecule has 0 amide bonds. The number of nitrogens with zero attached hydrogens (tertiary/aromatic N) is 2. The Labute approximate surface area is 123 Å². The van der Waals surface area contributed by atoms with Gasteiger partial charge in [-0.1, -0.05) is 11.6 Å². The standard InChI is InChI=1S/C14H18ClN3O2/c1-4-18-10(5-6-17-18)9-16-12-8-13(19-2)11(15)7-14(12)20-3/h5-8,16H,4,9H2,1-3H3. The van der Waals surface area contributed by atoms with Gasteiger partial charge in [-0.3, -0.25) is 4.68 Å². The van der Waals surface area contributed by atoms with Crippen LogP contribution in [0.3, 0.4) is 0 Å². The van der Waals surface area contributed by atoms with Gasteiger partial charge < -0.3 is 14.8 Å². The monoisotopic (exact) mass is 295 g/mol. The zero-order valence-corrected chi connectivity index (χ0v) is 12.6. The Kier molecular flexibility index (Phi) is 4.74. The van der Waals surface area contributed by atoms with Crippen molar-refractivity contribution < 1.29 is 9.47 Å². The Balaban J connectivity index is 2.20. The highest BCUT2D eigenvalue weighted by Crippen LogP contribution is 2.36. The largest absolute Gasteiger partial charge is 0.495 e. The molecule has 0 aliphatic heterocycles. The summed E-state index contributed by atoms with van der Waals surface area (Å²) < 4.78 is 12.5. The summed E-state index contributed by atoms with van der Waals surface area (Å²) in [6, 6.07) is 5.55. The van der Waals surface area contributed by atoms with E-state index in [0.29, 0.717) is 23.1 Å². The van der Waals surface area contributed by atoms with Crippen molar-refractivity contribution >= 4 is 17.3 Å². The molecule has 0 fully saturated rings. The second-order valence-electron chi connectivity index (χ2n) is 4.18. The van der Waals surface area contributed by atoms with Crippen molar-refractivity contribution in [2.24, 2.45) is 0 Å². The van der Waals surface area contributed by atoms with Crippen LogP contribution < -0.4 is 14.8 Å². The van der Waals surface area contributed by atoms with Crippen molar-refractivity contribution in [3.05, 3.63) is 35.1 Å². The van der Waals surface area contributed by atoms with E-state index in [1.165, 1.54) is 0 Å². The number of hydrogen-bond acceptors (Lipinski definition) is 4. The van der Waals surface area contributed by atoms with Gasteiger partial charge in [0.2, 0.25) is 0 Å². The molecule has 1 heterocycles. The van der Waals surface area contributed by atoms with Crippen molar-refractivity contribution in [3.63, 3.8) is 0 Å². The minimum atomic E-state index is 0.522. The van der Waals surface area contributed by atoms with E-state index < -0.39 is 0 Å². The van der Waals surface area contributed by atoms with Crippen molar-refractivity contribution in [3.8, 4) is 11.5 Å². The van der Waals surface area contributed by atoms with E-state index in [9.17, 15) is 0 Å². The average Bonchev–Trinajstić information content (AvgIpc) is 2.92. The van der Waals surface area contributed by atoms with E-state index >= 15 is 0 Å². The van der Waals surface area contributed by atoms with E-state index in [2.05, 4.69) is 17.3 Å². The van der Waals surface area contributed by atoms with Crippen LogP contribution in [0.1, 0.15) is 12.6 Å². The second-order valence-corrected chi connectivity index (χ2v) is 4.59. The predicted octanol–water partition coefficient (Wildman–Crippen LogP) is 3.19. The van der Waals surface area contributed by atoms with Crippen molar-refractivity contribution in [2.75, 3.05) is 19.5 Å². The van der Waals surface area contributed by atoms with Crippen LogP contribution in [0.25, 0.3) is 0 Å². The number of aromatic nitrogens is 2. The molecule has 6 heteroatoms. The Bertz CT molecular complexity index is 584. The molecule has 0 spiro atoms. The van der Waals surface area contributed by atoms with Crippen LogP contribution in [0.5, 0.6) is 11.5 Å². The van der Waals surface area contributed by atoms with Crippen LogP contribution in [-0.2, 0) is 13.1 Å². The molecule has 5 nitrogen and oxygen atoms in total. The first-order valence-electron chi connectivity index (χ1n) is 6.35. The lowest BCUT2D eigenvalue weighted by Gasteiger charge is -2.14. The molecule has 0 atom stereocenters. The van der Waals surface area contributed by atoms with Crippen LogP contribution in [0, 0.1) is 0 Å². The molecular formula is C14H18ClN3O2. The van der Waals surface area contributed by atoms with Gasteiger partial charge in [-0.2, -0.15) is 5.10 Å². The molecule has 1 aromatic heterocycles. The quantitative estimate of drug-likeness (QED) is 0.889. The lowest BCUT2D eigenvalue weighted by molar-refractivity contribution is 0.404. The van der Waals surface area contributed by atoms with Gasteiger partial charge in [0.25, 0.3) is 0 Å². The molecule has 0 saturated heterocycles. The summed E-state index contributed by atoms with van der Waals surface area (Å²) in [5.41, 5.74) is 1.93. The number of methoxy groups -OCH3 is 2. The van der Waals surface area contributed by atoms with Crippen LogP contribution in [0.15, 0.2) is 24.4 Å². The second kappa shape index (κ2) is 6.52. The van der Waals surface area contributed by atoms with Gasteiger partial charge in [0, 0.05) is 24.9 Å². The zero-order chi connectivity index (χ0) is 14.5. The number of rotatable bonds is 6. The Morgan fingerprint density at radius 3 is 2.65 bits per heavy atom. The highest BCUT2D eigenvalue weighted by Gasteiger charge is 2.10. The van der Waals surface area contributed by atoms with Crippen LogP contribution in [0.2, 0.25) is 5.02 Å². The SMILES string of the molecule is CCn1nccc1CNc1cc(OC)c(Cl)cc1OC. The summed E-state index contributed by atoms with van der Waals surface area (Å²) in [7, 11) is 3.20. The lowest BCUT2D eigenvalue weighted by atomic mass is 10.2. The van der Waals surface area contributed by atoms with Gasteiger partial charge in [-0.25, -0.2) is 0 Å². The molecule has 1 N–H and O–H groups in total. The van der Waals surface area contributed by atoms with Crippen molar-refractivity contribution in [1.82, 2.24) is 9.78 Å². The molecule has 108 valence electrons. The topological polar surface area (TPSA) is 48.3 Å². The summed E-state index contributed by atoms with van der Waals surface area (Å²) in [5.74, 6) is 1.29. The fourth-order valence-corrected chi connectivity index (χ4v) is 2.21. The first-order valence-corrected chi connectivity index (χ1v) is 6.73. The predicted molar refractivity (Wildman–Crippen MR) is 79.8 cm³/mol. The van der Waals surface area contributed by atoms with Crippen molar-refractivity contribution in [1.29, 1.82) is 0 Å². The summed E-state index contributed by atoms with van der Waals surface area (Å²) in [6.45, 7) is 3.54. The highest BCUT2D eigenvalue weighted by molar-refractivity contribution is 6.32. The molecule has 0 aliphatic carbocycles. The Morgan fingerprint density at radius 2 is 2.00 bits per heavy atom. The minimum absolute atomic E-state index is 0.522. The summed E-state index contributed by atoms with van der Waals surface area (Å²) in [6.07, 6.45) is 1.79. The smallest absolute Gasteiger partial charge is 0.143 e. The molecule has 1 aromatic carbocycles. The summed E-state index contributed by atoms with van der Waals surface area (Å²) in [4.78, 5) is 0. The van der Waals surface area contributed by atoms with E-state index in [1.807, 2.05) is 16.8 Å². The Hall–Kier alpha value is -1.88. The maximum absolute atomic E-state index is 6.08. The maximum atomic E-state index is 6.08. The molecule has 0 saturated carbocycles.